The first-order valence-corrected chi connectivity index (χ1v) is 5.41. The average Bonchev–Trinajstić information content (AvgIpc) is 2.42. The zero-order valence-corrected chi connectivity index (χ0v) is 12.7. The summed E-state index contributed by atoms with van der Waals surface area (Å²) in [6, 6.07) is 17.9. The van der Waals surface area contributed by atoms with Crippen molar-refractivity contribution in [3.63, 3.8) is 0 Å². The van der Waals surface area contributed by atoms with E-state index in [1.165, 1.54) is 0 Å². The maximum absolute atomic E-state index is 10.2. The van der Waals surface area contributed by atoms with Gasteiger partial charge in [0.2, 0.25) is 0 Å². The van der Waals surface area contributed by atoms with Gasteiger partial charge in [0, 0.05) is 0 Å². The van der Waals surface area contributed by atoms with Gasteiger partial charge in [-0.25, -0.2) is 4.79 Å². The monoisotopic (exact) mass is 264 g/mol. The molecule has 0 saturated carbocycles. The Balaban J connectivity index is 0.000000324. The summed E-state index contributed by atoms with van der Waals surface area (Å²) in [5.41, 5.74) is 1.35. The minimum absolute atomic E-state index is 0. The molecule has 3 nitrogen and oxygen atoms in total. The van der Waals surface area contributed by atoms with Crippen LogP contribution in [0.5, 0.6) is 0 Å². The maximum Gasteiger partial charge on any atom is 1.00 e. The van der Waals surface area contributed by atoms with E-state index in [-0.39, 0.29) is 29.6 Å². The first-order chi connectivity index (χ1) is 8.74. The Labute approximate surface area is 134 Å². The van der Waals surface area contributed by atoms with Gasteiger partial charge in [-0.2, -0.15) is 0 Å². The molecule has 0 aliphatic heterocycles. The van der Waals surface area contributed by atoms with Crippen LogP contribution in [0.2, 0.25) is 0 Å². The zero-order valence-electron chi connectivity index (χ0n) is 10.7. The second-order valence-corrected chi connectivity index (χ2v) is 3.48. The van der Waals surface area contributed by atoms with Crippen molar-refractivity contribution in [1.29, 1.82) is 0 Å². The molecule has 4 heteroatoms. The topological polar surface area (TPSA) is 54.4 Å². The van der Waals surface area contributed by atoms with Gasteiger partial charge in [-0.05, 0) is 12.1 Å². The normalized spacial score (nSPS) is 8.42. The molecular formula is C15H13NaO3. The molecular weight excluding hydrogens is 251 g/mol. The Morgan fingerprint density at radius 1 is 0.947 bits per heavy atom. The smallest absolute Gasteiger partial charge is 0.541 e. The summed E-state index contributed by atoms with van der Waals surface area (Å²) in [5.74, 6) is -0.879. The van der Waals surface area contributed by atoms with Gasteiger partial charge in [0.25, 0.3) is 0 Å². The third-order valence-electron chi connectivity index (χ3n) is 2.14. The largest absolute Gasteiger partial charge is 1.00 e. The van der Waals surface area contributed by atoms with E-state index < -0.39 is 5.97 Å². The van der Waals surface area contributed by atoms with Crippen LogP contribution < -0.4 is 29.6 Å². The summed E-state index contributed by atoms with van der Waals surface area (Å²) in [6.45, 7) is 0. The standard InChI is InChI=1S/C8H7O.C7H6O2.Na/c9-7-6-8-4-2-1-3-5-8;8-7(9)6-4-2-1-3-5-6;/h1-5H,6H2;1-5H,(H,8,9);/q-1;;+1. The molecule has 0 unspecified atom stereocenters. The Bertz CT molecular complexity index is 483. The molecule has 0 spiro atoms. The van der Waals surface area contributed by atoms with E-state index in [1.54, 1.807) is 30.3 Å². The summed E-state index contributed by atoms with van der Waals surface area (Å²) in [4.78, 5) is 20.1. The van der Waals surface area contributed by atoms with Gasteiger partial charge in [-0.3, -0.25) is 6.29 Å². The van der Waals surface area contributed by atoms with Crippen LogP contribution in [0.15, 0.2) is 60.7 Å². The summed E-state index contributed by atoms with van der Waals surface area (Å²) in [7, 11) is 0. The van der Waals surface area contributed by atoms with Crippen LogP contribution in [0, 0.1) is 0 Å². The number of carbonyl (C=O) groups is 1. The van der Waals surface area contributed by atoms with Crippen molar-refractivity contribution in [2.45, 2.75) is 6.42 Å². The molecule has 1 N–H and O–H groups in total. The summed E-state index contributed by atoms with van der Waals surface area (Å²) in [5, 5.41) is 8.38. The Kier molecular flexibility index (Phi) is 9.71. The molecule has 19 heavy (non-hydrogen) atoms. The number of aromatic carboxylic acids is 1. The van der Waals surface area contributed by atoms with Crippen LogP contribution in [0.4, 0.5) is 0 Å². The van der Waals surface area contributed by atoms with Gasteiger partial charge in [-0.1, -0.05) is 54.1 Å². The fraction of sp³-hybridized carbons (Fsp3) is 0.0667. The molecule has 0 bridgehead atoms. The number of carbonyl (C=O) groups excluding carboxylic acids is 1. The molecule has 0 amide bonds. The van der Waals surface area contributed by atoms with E-state index in [0.717, 1.165) is 5.56 Å². The average molecular weight is 264 g/mol. The van der Waals surface area contributed by atoms with E-state index in [2.05, 4.69) is 0 Å². The van der Waals surface area contributed by atoms with Crippen LogP contribution in [0.3, 0.4) is 0 Å². The van der Waals surface area contributed by atoms with Crippen molar-refractivity contribution < 1.29 is 44.3 Å². The molecule has 0 radical (unpaired) electrons. The molecule has 92 valence electrons. The molecule has 2 aromatic carbocycles. The van der Waals surface area contributed by atoms with Crippen molar-refractivity contribution in [3.8, 4) is 0 Å². The number of rotatable bonds is 3. The van der Waals surface area contributed by atoms with Crippen molar-refractivity contribution in [2.75, 3.05) is 0 Å². The maximum atomic E-state index is 10.2. The number of carboxylic acid groups (broad SMARTS) is 1. The SMILES string of the molecule is O=C(O)c1ccccc1.O=[C-]Cc1ccccc1.[Na+]. The number of hydrogen-bond donors (Lipinski definition) is 1. The Hall–Kier alpha value is -1.42. The summed E-state index contributed by atoms with van der Waals surface area (Å²) < 4.78 is 0. The molecule has 0 aliphatic carbocycles. The molecule has 0 aromatic heterocycles. The minimum Gasteiger partial charge on any atom is -0.541 e. The summed E-state index contributed by atoms with van der Waals surface area (Å²) >= 11 is 0. The van der Waals surface area contributed by atoms with Crippen LogP contribution >= 0.6 is 0 Å². The number of benzene rings is 2. The van der Waals surface area contributed by atoms with Gasteiger partial charge in [0.05, 0.1) is 5.56 Å². The van der Waals surface area contributed by atoms with Crippen molar-refractivity contribution in [2.24, 2.45) is 0 Å². The van der Waals surface area contributed by atoms with Crippen LogP contribution in [0.25, 0.3) is 0 Å². The van der Waals surface area contributed by atoms with Crippen LogP contribution in [0.1, 0.15) is 15.9 Å². The Morgan fingerprint density at radius 2 is 1.42 bits per heavy atom. The molecule has 2 rings (SSSR count). The van der Waals surface area contributed by atoms with Crippen molar-refractivity contribution in [1.82, 2.24) is 0 Å². The minimum atomic E-state index is -0.879. The second-order valence-electron chi connectivity index (χ2n) is 3.48. The van der Waals surface area contributed by atoms with Gasteiger partial charge in [-0.15, -0.1) is 6.42 Å². The number of carboxylic acids is 1. The molecule has 0 aliphatic rings. The third-order valence-corrected chi connectivity index (χ3v) is 2.14. The van der Waals surface area contributed by atoms with Gasteiger partial charge in [0.1, 0.15) is 0 Å². The van der Waals surface area contributed by atoms with E-state index in [0.29, 0.717) is 12.0 Å². The number of hydrogen-bond acceptors (Lipinski definition) is 2. The van der Waals surface area contributed by atoms with Gasteiger partial charge >= 0.3 is 35.5 Å². The molecule has 2 aromatic rings. The fourth-order valence-corrected chi connectivity index (χ4v) is 1.26. The predicted molar refractivity (Wildman–Crippen MR) is 69.2 cm³/mol. The van der Waals surface area contributed by atoms with Crippen molar-refractivity contribution in [3.05, 3.63) is 71.8 Å². The first kappa shape index (κ1) is 17.6. The molecule has 0 saturated heterocycles. The molecule has 0 atom stereocenters. The predicted octanol–water partition coefficient (Wildman–Crippen LogP) is -0.272. The molecule has 0 fully saturated rings. The zero-order chi connectivity index (χ0) is 13.2. The van der Waals surface area contributed by atoms with Gasteiger partial charge < -0.3 is 9.90 Å². The Morgan fingerprint density at radius 3 is 1.79 bits per heavy atom. The van der Waals surface area contributed by atoms with E-state index >= 15 is 0 Å². The van der Waals surface area contributed by atoms with E-state index in [4.69, 9.17) is 5.11 Å². The first-order valence-electron chi connectivity index (χ1n) is 5.41. The van der Waals surface area contributed by atoms with E-state index in [9.17, 15) is 9.59 Å². The van der Waals surface area contributed by atoms with Crippen LogP contribution in [-0.2, 0) is 11.2 Å². The summed E-state index contributed by atoms with van der Waals surface area (Å²) in [6.07, 6.45) is 2.24. The second kappa shape index (κ2) is 10.5. The van der Waals surface area contributed by atoms with Crippen LogP contribution in [-0.4, -0.2) is 17.4 Å². The molecule has 0 heterocycles. The van der Waals surface area contributed by atoms with Gasteiger partial charge in [0.15, 0.2) is 0 Å². The quantitative estimate of drug-likeness (QED) is 0.613. The van der Waals surface area contributed by atoms with Crippen molar-refractivity contribution >= 4 is 12.3 Å². The fourth-order valence-electron chi connectivity index (χ4n) is 1.26. The third kappa shape index (κ3) is 7.57. The van der Waals surface area contributed by atoms with E-state index in [1.807, 2.05) is 36.6 Å².